The van der Waals surface area contributed by atoms with Gasteiger partial charge in [-0.3, -0.25) is 4.21 Å². The van der Waals surface area contributed by atoms with Crippen LogP contribution in [0.2, 0.25) is 0 Å². The maximum absolute atomic E-state index is 12.1. The van der Waals surface area contributed by atoms with Crippen molar-refractivity contribution in [1.29, 1.82) is 0 Å². The largest absolute Gasteiger partial charge is 0.445 e. The first-order valence-corrected chi connectivity index (χ1v) is 8.85. The standard InChI is InChI=1S/C14H20N2O2S2/c1-9-10(2)18-12(15-9)7-20(17)8-13-16-11(6-19-13)14(3,4)5/h6H,7-8H2,1-5H3. The van der Waals surface area contributed by atoms with E-state index in [4.69, 9.17) is 4.42 Å². The van der Waals surface area contributed by atoms with Gasteiger partial charge in [0.15, 0.2) is 0 Å². The Morgan fingerprint density at radius 2 is 1.95 bits per heavy atom. The molecule has 2 rings (SSSR count). The van der Waals surface area contributed by atoms with Crippen molar-refractivity contribution in [3.63, 3.8) is 0 Å². The van der Waals surface area contributed by atoms with Crippen molar-refractivity contribution in [2.24, 2.45) is 0 Å². The van der Waals surface area contributed by atoms with Crippen LogP contribution in [0.5, 0.6) is 0 Å². The molecule has 0 spiro atoms. The number of oxazole rings is 1. The summed E-state index contributed by atoms with van der Waals surface area (Å²) in [6.45, 7) is 10.1. The molecule has 0 aliphatic rings. The van der Waals surface area contributed by atoms with Crippen LogP contribution in [0.15, 0.2) is 9.80 Å². The third-order valence-electron chi connectivity index (χ3n) is 2.96. The van der Waals surface area contributed by atoms with Crippen LogP contribution >= 0.6 is 11.3 Å². The Bertz CT molecular complexity index is 604. The predicted molar refractivity (Wildman–Crippen MR) is 82.3 cm³/mol. The first-order chi connectivity index (χ1) is 9.25. The Morgan fingerprint density at radius 3 is 2.45 bits per heavy atom. The molecule has 1 atom stereocenters. The highest BCUT2D eigenvalue weighted by Gasteiger charge is 2.18. The number of thiazole rings is 1. The van der Waals surface area contributed by atoms with E-state index in [1.165, 1.54) is 0 Å². The van der Waals surface area contributed by atoms with Gasteiger partial charge in [0.05, 0.1) is 17.1 Å². The molecule has 0 aliphatic carbocycles. The van der Waals surface area contributed by atoms with Crippen LogP contribution in [0.1, 0.15) is 48.8 Å². The maximum Gasteiger partial charge on any atom is 0.207 e. The van der Waals surface area contributed by atoms with Crippen molar-refractivity contribution in [1.82, 2.24) is 9.97 Å². The van der Waals surface area contributed by atoms with Crippen LogP contribution in [0.3, 0.4) is 0 Å². The minimum absolute atomic E-state index is 0.0348. The molecule has 20 heavy (non-hydrogen) atoms. The number of nitrogens with zero attached hydrogens (tertiary/aromatic N) is 2. The van der Waals surface area contributed by atoms with E-state index in [1.54, 1.807) is 11.3 Å². The minimum Gasteiger partial charge on any atom is -0.445 e. The average Bonchev–Trinajstić information content (AvgIpc) is 2.86. The minimum atomic E-state index is -1.04. The number of aromatic nitrogens is 2. The topological polar surface area (TPSA) is 56.0 Å². The molecule has 6 heteroatoms. The lowest BCUT2D eigenvalue weighted by molar-refractivity contribution is 0.487. The highest BCUT2D eigenvalue weighted by Crippen LogP contribution is 2.24. The van der Waals surface area contributed by atoms with E-state index < -0.39 is 10.8 Å². The molecule has 2 aromatic heterocycles. The number of rotatable bonds is 4. The van der Waals surface area contributed by atoms with Gasteiger partial charge in [0.2, 0.25) is 5.89 Å². The molecule has 110 valence electrons. The van der Waals surface area contributed by atoms with Crippen molar-refractivity contribution in [3.8, 4) is 0 Å². The fraction of sp³-hybridized carbons (Fsp3) is 0.571. The Hall–Kier alpha value is -1.01. The van der Waals surface area contributed by atoms with Gasteiger partial charge < -0.3 is 4.42 Å². The predicted octanol–water partition coefficient (Wildman–Crippen LogP) is 3.49. The maximum atomic E-state index is 12.1. The van der Waals surface area contributed by atoms with Gasteiger partial charge in [0.1, 0.15) is 16.5 Å². The van der Waals surface area contributed by atoms with E-state index in [-0.39, 0.29) is 5.41 Å². The summed E-state index contributed by atoms with van der Waals surface area (Å²) in [5.41, 5.74) is 1.95. The molecule has 0 fully saturated rings. The lowest BCUT2D eigenvalue weighted by Gasteiger charge is -2.14. The molecule has 0 amide bonds. The SMILES string of the molecule is Cc1nc(CS(=O)Cc2nc(C(C)(C)C)cs2)oc1C. The first-order valence-electron chi connectivity index (χ1n) is 6.48. The van der Waals surface area contributed by atoms with Gasteiger partial charge in [-0.2, -0.15) is 0 Å². The monoisotopic (exact) mass is 312 g/mol. The summed E-state index contributed by atoms with van der Waals surface area (Å²) in [5.74, 6) is 2.15. The fourth-order valence-electron chi connectivity index (χ4n) is 1.65. The molecular weight excluding hydrogens is 292 g/mol. The smallest absolute Gasteiger partial charge is 0.207 e. The molecule has 0 aromatic carbocycles. The molecule has 4 nitrogen and oxygen atoms in total. The van der Waals surface area contributed by atoms with Gasteiger partial charge >= 0.3 is 0 Å². The van der Waals surface area contributed by atoms with Crippen LogP contribution < -0.4 is 0 Å². The molecule has 1 unspecified atom stereocenters. The van der Waals surface area contributed by atoms with Crippen molar-refractivity contribution in [3.05, 3.63) is 33.4 Å². The van der Waals surface area contributed by atoms with Crippen LogP contribution in [-0.2, 0) is 27.7 Å². The van der Waals surface area contributed by atoms with Gasteiger partial charge in [0.25, 0.3) is 0 Å². The summed E-state index contributed by atoms with van der Waals surface area (Å²) in [6, 6.07) is 0. The van der Waals surface area contributed by atoms with E-state index in [2.05, 4.69) is 30.7 Å². The van der Waals surface area contributed by atoms with Crippen molar-refractivity contribution in [2.75, 3.05) is 0 Å². The van der Waals surface area contributed by atoms with Gasteiger partial charge in [0, 0.05) is 21.6 Å². The van der Waals surface area contributed by atoms with E-state index in [0.29, 0.717) is 17.4 Å². The van der Waals surface area contributed by atoms with Crippen molar-refractivity contribution in [2.45, 2.75) is 51.5 Å². The van der Waals surface area contributed by atoms with Crippen LogP contribution in [0, 0.1) is 13.8 Å². The van der Waals surface area contributed by atoms with Crippen LogP contribution in [0.25, 0.3) is 0 Å². The molecule has 2 aromatic rings. The van der Waals surface area contributed by atoms with Crippen LogP contribution in [0.4, 0.5) is 0 Å². The number of aryl methyl sites for hydroxylation is 2. The molecule has 2 heterocycles. The van der Waals surface area contributed by atoms with Gasteiger partial charge in [-0.1, -0.05) is 20.8 Å². The molecule has 0 radical (unpaired) electrons. The molecule has 0 aliphatic heterocycles. The Balaban J connectivity index is 1.99. The average molecular weight is 312 g/mol. The summed E-state index contributed by atoms with van der Waals surface area (Å²) < 4.78 is 17.6. The fourth-order valence-corrected chi connectivity index (χ4v) is 3.96. The van der Waals surface area contributed by atoms with Gasteiger partial charge in [-0.25, -0.2) is 9.97 Å². The van der Waals surface area contributed by atoms with E-state index in [0.717, 1.165) is 22.2 Å². The van der Waals surface area contributed by atoms with Crippen molar-refractivity contribution >= 4 is 22.1 Å². The third kappa shape index (κ3) is 3.76. The van der Waals surface area contributed by atoms with Gasteiger partial charge in [-0.15, -0.1) is 11.3 Å². The van der Waals surface area contributed by atoms with E-state index in [9.17, 15) is 4.21 Å². The lowest BCUT2D eigenvalue weighted by atomic mass is 9.93. The molecule has 0 saturated heterocycles. The number of hydrogen-bond donors (Lipinski definition) is 0. The Labute approximate surface area is 126 Å². The molecule has 0 N–H and O–H groups in total. The Morgan fingerprint density at radius 1 is 1.25 bits per heavy atom. The Kier molecular flexibility index (Phi) is 4.44. The molecule has 0 saturated carbocycles. The lowest BCUT2D eigenvalue weighted by Crippen LogP contribution is -2.11. The zero-order chi connectivity index (χ0) is 14.9. The summed E-state index contributed by atoms with van der Waals surface area (Å²) in [7, 11) is -1.04. The number of hydrogen-bond acceptors (Lipinski definition) is 5. The third-order valence-corrected chi connectivity index (χ3v) is 5.16. The highest BCUT2D eigenvalue weighted by atomic mass is 32.2. The van der Waals surface area contributed by atoms with Gasteiger partial charge in [-0.05, 0) is 13.8 Å². The second-order valence-corrected chi connectivity index (χ2v) is 8.25. The van der Waals surface area contributed by atoms with Crippen molar-refractivity contribution < 1.29 is 8.63 Å². The zero-order valence-electron chi connectivity index (χ0n) is 12.5. The second-order valence-electron chi connectivity index (χ2n) is 5.85. The molecule has 0 bridgehead atoms. The normalized spacial score (nSPS) is 13.7. The summed E-state index contributed by atoms with van der Waals surface area (Å²) in [6.07, 6.45) is 0. The summed E-state index contributed by atoms with van der Waals surface area (Å²) in [5, 5.41) is 2.96. The second kappa shape index (κ2) is 5.77. The first kappa shape index (κ1) is 15.4. The van der Waals surface area contributed by atoms with E-state index >= 15 is 0 Å². The molecular formula is C14H20N2O2S2. The summed E-state index contributed by atoms with van der Waals surface area (Å²) in [4.78, 5) is 8.82. The highest BCUT2D eigenvalue weighted by molar-refractivity contribution is 7.83. The van der Waals surface area contributed by atoms with Crippen LogP contribution in [-0.4, -0.2) is 14.2 Å². The summed E-state index contributed by atoms with van der Waals surface area (Å²) >= 11 is 1.57. The van der Waals surface area contributed by atoms with E-state index in [1.807, 2.05) is 19.2 Å². The zero-order valence-corrected chi connectivity index (χ0v) is 14.2. The quantitative estimate of drug-likeness (QED) is 0.867.